The molecule has 0 amide bonds. The summed E-state index contributed by atoms with van der Waals surface area (Å²) in [6.45, 7) is 2.09. The van der Waals surface area contributed by atoms with E-state index >= 15 is 0 Å². The van der Waals surface area contributed by atoms with E-state index in [-0.39, 0.29) is 24.4 Å². The Morgan fingerprint density at radius 2 is 2.04 bits per heavy atom. The molecule has 1 saturated heterocycles. The van der Waals surface area contributed by atoms with Crippen molar-refractivity contribution in [2.24, 2.45) is 5.16 Å². The van der Waals surface area contributed by atoms with Gasteiger partial charge in [0.2, 0.25) is 0 Å². The molecular weight excluding hydrogens is 420 g/mol. The van der Waals surface area contributed by atoms with Gasteiger partial charge in [-0.1, -0.05) is 23.4 Å². The SMILES string of the molecule is Cl.O=[SH](=O)CNc1ccccc1C1CC(c2csc(C3CCNCC3)n2)=NO1. The fraction of sp³-hybridized carbons (Fsp3) is 0.444. The van der Waals surface area contributed by atoms with Gasteiger partial charge in [0.15, 0.2) is 16.8 Å². The minimum absolute atomic E-state index is 0. The van der Waals surface area contributed by atoms with Gasteiger partial charge in [0.05, 0.1) is 10.7 Å². The molecule has 0 saturated carbocycles. The Morgan fingerprint density at radius 3 is 2.82 bits per heavy atom. The van der Waals surface area contributed by atoms with Gasteiger partial charge in [-0.3, -0.25) is 0 Å². The van der Waals surface area contributed by atoms with Gasteiger partial charge in [0, 0.05) is 29.0 Å². The summed E-state index contributed by atoms with van der Waals surface area (Å²) >= 11 is 1.70. The highest BCUT2D eigenvalue weighted by atomic mass is 35.5. The number of thiol groups is 1. The Bertz CT molecular complexity index is 902. The summed E-state index contributed by atoms with van der Waals surface area (Å²) in [7, 11) is -2.49. The van der Waals surface area contributed by atoms with Crippen molar-refractivity contribution in [3.05, 3.63) is 45.9 Å². The molecule has 10 heteroatoms. The van der Waals surface area contributed by atoms with E-state index in [1.165, 1.54) is 5.01 Å². The first-order valence-corrected chi connectivity index (χ1v) is 11.3. The van der Waals surface area contributed by atoms with Crippen molar-refractivity contribution < 1.29 is 13.3 Å². The molecule has 0 aliphatic carbocycles. The zero-order valence-electron chi connectivity index (χ0n) is 15.2. The molecule has 1 fully saturated rings. The lowest BCUT2D eigenvalue weighted by Gasteiger charge is -2.20. The quantitative estimate of drug-likeness (QED) is 0.596. The Labute approximate surface area is 175 Å². The molecule has 0 bridgehead atoms. The fourth-order valence-corrected chi connectivity index (χ4v) is 4.76. The molecular formula is C18H23ClN4O3S2. The van der Waals surface area contributed by atoms with Gasteiger partial charge in [-0.25, -0.2) is 13.4 Å². The van der Waals surface area contributed by atoms with Crippen LogP contribution in [0.15, 0.2) is 34.8 Å². The van der Waals surface area contributed by atoms with Gasteiger partial charge >= 0.3 is 0 Å². The van der Waals surface area contributed by atoms with E-state index < -0.39 is 10.7 Å². The molecule has 28 heavy (non-hydrogen) atoms. The van der Waals surface area contributed by atoms with Crippen LogP contribution in [0.1, 0.15) is 47.5 Å². The third-order valence-corrected chi connectivity index (χ3v) is 6.30. The van der Waals surface area contributed by atoms with E-state index in [1.54, 1.807) is 11.3 Å². The number of rotatable bonds is 6. The lowest BCUT2D eigenvalue weighted by atomic mass is 9.99. The summed E-state index contributed by atoms with van der Waals surface area (Å²) in [5, 5.41) is 13.8. The number of hydrogen-bond donors (Lipinski definition) is 3. The monoisotopic (exact) mass is 442 g/mol. The van der Waals surface area contributed by atoms with Crippen LogP contribution in [0.5, 0.6) is 0 Å². The number of nitrogens with one attached hydrogen (secondary N) is 2. The number of thiazole rings is 1. The second-order valence-electron chi connectivity index (χ2n) is 6.69. The van der Waals surface area contributed by atoms with Crippen molar-refractivity contribution in [2.75, 3.05) is 24.3 Å². The minimum Gasteiger partial charge on any atom is -0.387 e. The van der Waals surface area contributed by atoms with E-state index in [2.05, 4.69) is 21.2 Å². The van der Waals surface area contributed by atoms with Crippen molar-refractivity contribution in [1.29, 1.82) is 0 Å². The van der Waals surface area contributed by atoms with Crippen molar-refractivity contribution >= 4 is 45.8 Å². The Balaban J connectivity index is 0.00000225. The van der Waals surface area contributed by atoms with Gasteiger partial charge in [0.1, 0.15) is 11.6 Å². The molecule has 3 heterocycles. The second-order valence-corrected chi connectivity index (χ2v) is 8.56. The van der Waals surface area contributed by atoms with Gasteiger partial charge in [-0.05, 0) is 32.0 Å². The van der Waals surface area contributed by atoms with Crippen LogP contribution < -0.4 is 10.6 Å². The average molecular weight is 443 g/mol. The molecule has 2 aliphatic heterocycles. The number of hydrogen-bond acceptors (Lipinski definition) is 8. The first kappa shape index (κ1) is 21.0. The van der Waals surface area contributed by atoms with Crippen LogP contribution in [-0.2, 0) is 15.5 Å². The van der Waals surface area contributed by atoms with E-state index in [4.69, 9.17) is 9.82 Å². The largest absolute Gasteiger partial charge is 0.387 e. The van der Waals surface area contributed by atoms with Crippen LogP contribution in [0, 0.1) is 0 Å². The zero-order valence-corrected chi connectivity index (χ0v) is 17.7. The summed E-state index contributed by atoms with van der Waals surface area (Å²) < 4.78 is 21.8. The lowest BCUT2D eigenvalue weighted by Crippen LogP contribution is -2.26. The summed E-state index contributed by atoms with van der Waals surface area (Å²) in [5.41, 5.74) is 3.40. The Morgan fingerprint density at radius 1 is 1.25 bits per heavy atom. The predicted octanol–water partition coefficient (Wildman–Crippen LogP) is 2.88. The van der Waals surface area contributed by atoms with Crippen molar-refractivity contribution in [2.45, 2.75) is 31.3 Å². The average Bonchev–Trinajstić information content (AvgIpc) is 3.37. The molecule has 0 spiro atoms. The highest BCUT2D eigenvalue weighted by molar-refractivity contribution is 7.72. The normalized spacial score (nSPS) is 19.8. The predicted molar refractivity (Wildman–Crippen MR) is 114 cm³/mol. The molecule has 1 aromatic carbocycles. The number of oxime groups is 1. The smallest absolute Gasteiger partial charge is 0.160 e. The molecule has 2 aromatic rings. The van der Waals surface area contributed by atoms with Gasteiger partial charge in [-0.2, -0.15) is 0 Å². The first-order chi connectivity index (χ1) is 13.2. The third-order valence-electron chi connectivity index (χ3n) is 4.88. The molecule has 0 radical (unpaired) electrons. The van der Waals surface area contributed by atoms with Gasteiger partial charge < -0.3 is 15.5 Å². The highest BCUT2D eigenvalue weighted by Crippen LogP contribution is 2.35. The maximum atomic E-state index is 10.9. The maximum absolute atomic E-state index is 10.9. The number of aromatic nitrogens is 1. The van der Waals surface area contributed by atoms with E-state index in [0.29, 0.717) is 12.3 Å². The summed E-state index contributed by atoms with van der Waals surface area (Å²) in [6, 6.07) is 7.57. The van der Waals surface area contributed by atoms with Crippen LogP contribution >= 0.6 is 23.7 Å². The zero-order chi connectivity index (χ0) is 18.6. The summed E-state index contributed by atoms with van der Waals surface area (Å²) in [5.74, 6) is 0.432. The number of piperidine rings is 1. The third kappa shape index (κ3) is 4.83. The lowest BCUT2D eigenvalue weighted by molar-refractivity contribution is 0.0862. The molecule has 2 aliphatic rings. The molecule has 7 nitrogen and oxygen atoms in total. The van der Waals surface area contributed by atoms with Crippen LogP contribution in [-0.4, -0.2) is 38.1 Å². The molecule has 152 valence electrons. The Kier molecular flexibility index (Phi) is 7.28. The van der Waals surface area contributed by atoms with E-state index in [9.17, 15) is 8.42 Å². The van der Waals surface area contributed by atoms with Crippen molar-refractivity contribution in [3.63, 3.8) is 0 Å². The van der Waals surface area contributed by atoms with Crippen LogP contribution in [0.3, 0.4) is 0 Å². The van der Waals surface area contributed by atoms with Gasteiger partial charge in [-0.15, -0.1) is 23.7 Å². The fourth-order valence-electron chi connectivity index (χ4n) is 3.46. The number of benzene rings is 1. The number of nitrogens with zero attached hydrogens (tertiary/aromatic N) is 2. The first-order valence-electron chi connectivity index (χ1n) is 9.04. The molecule has 4 rings (SSSR count). The van der Waals surface area contributed by atoms with E-state index in [1.807, 2.05) is 24.3 Å². The van der Waals surface area contributed by atoms with Crippen molar-refractivity contribution in [3.8, 4) is 0 Å². The summed E-state index contributed by atoms with van der Waals surface area (Å²) in [6.07, 6.45) is 2.63. The van der Waals surface area contributed by atoms with Crippen LogP contribution in [0.4, 0.5) is 5.69 Å². The molecule has 1 atom stereocenters. The highest BCUT2D eigenvalue weighted by Gasteiger charge is 2.28. The topological polar surface area (TPSA) is 92.7 Å². The summed E-state index contributed by atoms with van der Waals surface area (Å²) in [4.78, 5) is 10.5. The molecule has 1 aromatic heterocycles. The number of para-hydroxylation sites is 1. The Hall–Kier alpha value is -1.68. The molecule has 2 N–H and O–H groups in total. The molecule has 1 unspecified atom stereocenters. The van der Waals surface area contributed by atoms with Crippen molar-refractivity contribution in [1.82, 2.24) is 10.3 Å². The number of anilines is 1. The second kappa shape index (κ2) is 9.69. The van der Waals surface area contributed by atoms with E-state index in [0.717, 1.165) is 48.6 Å². The maximum Gasteiger partial charge on any atom is 0.160 e. The minimum atomic E-state index is -2.49. The van der Waals surface area contributed by atoms with Crippen LogP contribution in [0.2, 0.25) is 0 Å². The van der Waals surface area contributed by atoms with Gasteiger partial charge in [0.25, 0.3) is 0 Å². The van der Waals surface area contributed by atoms with Crippen LogP contribution in [0.25, 0.3) is 0 Å². The number of halogens is 1. The standard InChI is InChI=1S/C18H22N4O3S2.ClH/c23-27(24)11-20-14-4-2-1-3-13(14)17-9-15(22-25-17)16-10-26-18(21-16)12-5-7-19-8-6-12;/h1-4,10,12,17,19-20,27H,5-9,11H2;1H.